The number of aromatic nitrogens is 3. The minimum absolute atomic E-state index is 0.218. The highest BCUT2D eigenvalue weighted by Gasteiger charge is 2.15. The fourth-order valence-corrected chi connectivity index (χ4v) is 3.44. The lowest BCUT2D eigenvalue weighted by Crippen LogP contribution is -2.23. The number of thioether (sulfide) groups is 1. The van der Waals surface area contributed by atoms with Crippen molar-refractivity contribution in [3.63, 3.8) is 0 Å². The van der Waals surface area contributed by atoms with Crippen LogP contribution < -0.4 is 5.32 Å². The topological polar surface area (TPSA) is 101 Å². The number of carbonyl (C=O) groups excluding carboxylic acids is 1. The predicted octanol–water partition coefficient (Wildman–Crippen LogP) is 4.42. The van der Waals surface area contributed by atoms with Crippen LogP contribution in [0.1, 0.15) is 38.5 Å². The van der Waals surface area contributed by atoms with Crippen LogP contribution in [0.2, 0.25) is 5.15 Å². The van der Waals surface area contributed by atoms with Gasteiger partial charge in [-0.2, -0.15) is 5.26 Å². The summed E-state index contributed by atoms with van der Waals surface area (Å²) in [4.78, 5) is 24.8. The zero-order valence-corrected chi connectivity index (χ0v) is 17.0. The van der Waals surface area contributed by atoms with E-state index < -0.39 is 5.60 Å². The Bertz CT molecular complexity index is 814. The van der Waals surface area contributed by atoms with Gasteiger partial charge in [-0.25, -0.2) is 15.0 Å². The Hall–Kier alpha value is -1.89. The van der Waals surface area contributed by atoms with Gasteiger partial charge in [-0.3, -0.25) is 4.79 Å². The second kappa shape index (κ2) is 9.16. The molecule has 1 N–H and O–H groups in total. The molecule has 138 valence electrons. The van der Waals surface area contributed by atoms with E-state index in [4.69, 9.17) is 21.6 Å². The number of esters is 1. The molecule has 0 bridgehead atoms. The van der Waals surface area contributed by atoms with E-state index in [2.05, 4.69) is 20.3 Å². The normalized spacial score (nSPS) is 11.0. The van der Waals surface area contributed by atoms with Gasteiger partial charge in [-0.05, 0) is 27.2 Å². The Morgan fingerprint density at radius 3 is 2.88 bits per heavy atom. The fourth-order valence-electron chi connectivity index (χ4n) is 1.79. The number of hydrogen-bond donors (Lipinski definition) is 1. The van der Waals surface area contributed by atoms with Crippen LogP contribution in [-0.2, 0) is 9.53 Å². The van der Waals surface area contributed by atoms with E-state index >= 15 is 0 Å². The Labute approximate surface area is 165 Å². The van der Waals surface area contributed by atoms with Crippen LogP contribution in [0.3, 0.4) is 0 Å². The molecular formula is C16H18ClN5O2S2. The molecule has 0 saturated heterocycles. The number of rotatable bonds is 7. The van der Waals surface area contributed by atoms with Crippen LogP contribution in [0.4, 0.5) is 10.9 Å². The maximum atomic E-state index is 11.7. The smallest absolute Gasteiger partial charge is 0.306 e. The SMILES string of the molecule is CC(C)(C)OC(=O)CCCSc1nc(Cl)cc(Nc2ncc(C#N)s2)n1. The first-order valence-corrected chi connectivity index (χ1v) is 9.95. The number of thiazole rings is 1. The summed E-state index contributed by atoms with van der Waals surface area (Å²) in [6, 6.07) is 3.61. The van der Waals surface area contributed by atoms with Crippen molar-refractivity contribution < 1.29 is 9.53 Å². The average molecular weight is 412 g/mol. The number of halogens is 1. The number of anilines is 2. The molecular weight excluding hydrogens is 394 g/mol. The third kappa shape index (κ3) is 7.15. The van der Waals surface area contributed by atoms with Crippen molar-refractivity contribution in [3.8, 4) is 6.07 Å². The number of nitrogens with one attached hydrogen (secondary N) is 1. The molecule has 0 atom stereocenters. The Kier molecular flexibility index (Phi) is 7.20. The average Bonchev–Trinajstić information content (AvgIpc) is 2.97. The van der Waals surface area contributed by atoms with Crippen molar-refractivity contribution in [2.45, 2.75) is 44.4 Å². The molecule has 2 aromatic heterocycles. The van der Waals surface area contributed by atoms with Crippen LogP contribution in [0.15, 0.2) is 17.4 Å². The lowest BCUT2D eigenvalue weighted by atomic mass is 10.2. The number of nitriles is 1. The molecule has 2 rings (SSSR count). The Morgan fingerprint density at radius 1 is 1.46 bits per heavy atom. The summed E-state index contributed by atoms with van der Waals surface area (Å²) < 4.78 is 5.27. The predicted molar refractivity (Wildman–Crippen MR) is 103 cm³/mol. The summed E-state index contributed by atoms with van der Waals surface area (Å²) in [6.07, 6.45) is 2.48. The molecule has 0 radical (unpaired) electrons. The largest absolute Gasteiger partial charge is 0.460 e. The fraction of sp³-hybridized carbons (Fsp3) is 0.438. The van der Waals surface area contributed by atoms with Crippen molar-refractivity contribution in [2.24, 2.45) is 0 Å². The van der Waals surface area contributed by atoms with Gasteiger partial charge in [0.25, 0.3) is 0 Å². The van der Waals surface area contributed by atoms with Gasteiger partial charge in [-0.1, -0.05) is 34.7 Å². The zero-order valence-electron chi connectivity index (χ0n) is 14.6. The molecule has 7 nitrogen and oxygen atoms in total. The van der Waals surface area contributed by atoms with Gasteiger partial charge in [0.15, 0.2) is 10.3 Å². The molecule has 2 heterocycles. The van der Waals surface area contributed by atoms with Gasteiger partial charge in [0.05, 0.1) is 6.20 Å². The van der Waals surface area contributed by atoms with Crippen LogP contribution in [0.25, 0.3) is 0 Å². The second-order valence-electron chi connectivity index (χ2n) is 6.16. The lowest BCUT2D eigenvalue weighted by molar-refractivity contribution is -0.154. The highest BCUT2D eigenvalue weighted by molar-refractivity contribution is 7.99. The van der Waals surface area contributed by atoms with Crippen molar-refractivity contribution in [3.05, 3.63) is 22.3 Å². The summed E-state index contributed by atoms with van der Waals surface area (Å²) in [6.45, 7) is 5.53. The summed E-state index contributed by atoms with van der Waals surface area (Å²) in [5.41, 5.74) is -0.470. The molecule has 0 aliphatic rings. The monoisotopic (exact) mass is 411 g/mol. The first-order chi connectivity index (χ1) is 12.2. The maximum absolute atomic E-state index is 11.7. The summed E-state index contributed by atoms with van der Waals surface area (Å²) in [5.74, 6) is 0.942. The Morgan fingerprint density at radius 2 is 2.23 bits per heavy atom. The number of ether oxygens (including phenoxy) is 1. The molecule has 0 unspecified atom stereocenters. The maximum Gasteiger partial charge on any atom is 0.306 e. The molecule has 0 aromatic carbocycles. The van der Waals surface area contributed by atoms with E-state index in [1.807, 2.05) is 26.8 Å². The molecule has 0 saturated carbocycles. The van der Waals surface area contributed by atoms with Gasteiger partial charge in [0.1, 0.15) is 27.5 Å². The van der Waals surface area contributed by atoms with E-state index in [1.54, 1.807) is 6.07 Å². The van der Waals surface area contributed by atoms with Crippen molar-refractivity contribution in [1.29, 1.82) is 5.26 Å². The number of nitrogens with zero attached hydrogens (tertiary/aromatic N) is 4. The van der Waals surface area contributed by atoms with Gasteiger partial charge in [0.2, 0.25) is 0 Å². The third-order valence-electron chi connectivity index (χ3n) is 2.70. The van der Waals surface area contributed by atoms with Crippen molar-refractivity contribution in [2.75, 3.05) is 11.1 Å². The van der Waals surface area contributed by atoms with Crippen LogP contribution in [0.5, 0.6) is 0 Å². The standard InChI is InChI=1S/C16H18ClN5O2S2/c1-16(2,3)24-13(23)5-4-6-25-15-20-11(17)7-12(22-15)21-14-19-9-10(8-18)26-14/h7,9H,4-6H2,1-3H3,(H,19,20,21,22). The van der Waals surface area contributed by atoms with Gasteiger partial charge < -0.3 is 10.1 Å². The van der Waals surface area contributed by atoms with Crippen LogP contribution in [0, 0.1) is 11.3 Å². The van der Waals surface area contributed by atoms with Crippen LogP contribution in [-0.4, -0.2) is 32.3 Å². The van der Waals surface area contributed by atoms with Gasteiger partial charge >= 0.3 is 5.97 Å². The first kappa shape index (κ1) is 20.4. The van der Waals surface area contributed by atoms with E-state index in [9.17, 15) is 4.79 Å². The zero-order chi connectivity index (χ0) is 19.2. The van der Waals surface area contributed by atoms with Crippen molar-refractivity contribution >= 4 is 51.6 Å². The van der Waals surface area contributed by atoms with Gasteiger partial charge in [-0.15, -0.1) is 0 Å². The molecule has 0 fully saturated rings. The lowest BCUT2D eigenvalue weighted by Gasteiger charge is -2.19. The molecule has 2 aromatic rings. The molecule has 10 heteroatoms. The van der Waals surface area contributed by atoms with E-state index in [1.165, 1.54) is 29.3 Å². The molecule has 26 heavy (non-hydrogen) atoms. The molecule has 0 aliphatic carbocycles. The van der Waals surface area contributed by atoms with E-state index in [0.29, 0.717) is 44.7 Å². The molecule has 0 aliphatic heterocycles. The summed E-state index contributed by atoms with van der Waals surface area (Å²) in [7, 11) is 0. The Balaban J connectivity index is 1.87. The highest BCUT2D eigenvalue weighted by atomic mass is 35.5. The number of hydrogen-bond acceptors (Lipinski definition) is 9. The number of carbonyl (C=O) groups is 1. The minimum Gasteiger partial charge on any atom is -0.460 e. The van der Waals surface area contributed by atoms with Crippen molar-refractivity contribution in [1.82, 2.24) is 15.0 Å². The quantitative estimate of drug-likeness (QED) is 0.235. The minimum atomic E-state index is -0.470. The van der Waals surface area contributed by atoms with Crippen LogP contribution >= 0.6 is 34.7 Å². The third-order valence-corrected chi connectivity index (χ3v) is 4.65. The summed E-state index contributed by atoms with van der Waals surface area (Å²) in [5, 5.41) is 13.2. The first-order valence-electron chi connectivity index (χ1n) is 7.77. The highest BCUT2D eigenvalue weighted by Crippen LogP contribution is 2.25. The van der Waals surface area contributed by atoms with Gasteiger partial charge in [0, 0.05) is 18.2 Å². The molecule has 0 amide bonds. The second-order valence-corrected chi connectivity index (χ2v) is 8.64. The summed E-state index contributed by atoms with van der Waals surface area (Å²) >= 11 is 8.67. The molecule has 0 spiro atoms. The van der Waals surface area contributed by atoms with E-state index in [-0.39, 0.29) is 5.97 Å². The van der Waals surface area contributed by atoms with E-state index in [0.717, 1.165) is 0 Å².